The number of carboxylic acid groups (broad SMARTS) is 1. The van der Waals surface area contributed by atoms with Crippen molar-refractivity contribution in [2.75, 3.05) is 0 Å². The van der Waals surface area contributed by atoms with Crippen LogP contribution in [0.5, 0.6) is 0 Å². The number of carboxylic acids is 1. The molecule has 2 aliphatic carbocycles. The molecular weight excluding hydrogens is 240 g/mol. The topological polar surface area (TPSA) is 54.4 Å². The van der Waals surface area contributed by atoms with Gasteiger partial charge >= 0.3 is 5.97 Å². The van der Waals surface area contributed by atoms with Crippen LogP contribution in [-0.4, -0.2) is 16.9 Å². The fourth-order valence-electron chi connectivity index (χ4n) is 3.55. The Morgan fingerprint density at radius 1 is 1.26 bits per heavy atom. The van der Waals surface area contributed by atoms with Crippen molar-refractivity contribution >= 4 is 11.8 Å². The summed E-state index contributed by atoms with van der Waals surface area (Å²) in [5.74, 6) is -0.729. The van der Waals surface area contributed by atoms with E-state index in [1.165, 1.54) is 24.0 Å². The van der Waals surface area contributed by atoms with Gasteiger partial charge in [-0.15, -0.1) is 0 Å². The lowest BCUT2D eigenvalue weighted by Crippen LogP contribution is -2.23. The molecule has 0 amide bonds. The molecule has 3 heteroatoms. The van der Waals surface area contributed by atoms with Crippen LogP contribution in [0.25, 0.3) is 0 Å². The molecule has 100 valence electrons. The summed E-state index contributed by atoms with van der Waals surface area (Å²) in [4.78, 5) is 23.2. The van der Waals surface area contributed by atoms with Gasteiger partial charge in [0.15, 0.2) is 5.78 Å². The number of hydrogen-bond acceptors (Lipinski definition) is 2. The van der Waals surface area contributed by atoms with Crippen LogP contribution >= 0.6 is 0 Å². The van der Waals surface area contributed by atoms with Crippen LogP contribution < -0.4 is 0 Å². The summed E-state index contributed by atoms with van der Waals surface area (Å²) in [6.07, 6.45) is 4.84. The second-order valence-electron chi connectivity index (χ2n) is 6.10. The standard InChI is InChI=1S/C16H18O3/c1-16(9-15(18)19)8-14(17)12-6-10-4-2-3-5-11(10)7-13(12)16/h6-7H,2-5,8-9H2,1H3,(H,18,19). The molecule has 1 N–H and O–H groups in total. The van der Waals surface area contributed by atoms with Crippen molar-refractivity contribution in [2.24, 2.45) is 0 Å². The predicted octanol–water partition coefficient (Wildman–Crippen LogP) is 2.88. The van der Waals surface area contributed by atoms with Crippen LogP contribution in [0.1, 0.15) is 59.7 Å². The number of aliphatic carboxylic acids is 1. The summed E-state index contributed by atoms with van der Waals surface area (Å²) in [5.41, 5.74) is 3.81. The maximum atomic E-state index is 12.2. The third-order valence-corrected chi connectivity index (χ3v) is 4.52. The number of carbonyl (C=O) groups excluding carboxylic acids is 1. The van der Waals surface area contributed by atoms with Crippen molar-refractivity contribution < 1.29 is 14.7 Å². The summed E-state index contributed by atoms with van der Waals surface area (Å²) in [6, 6.07) is 4.14. The molecule has 0 aliphatic heterocycles. The average Bonchev–Trinajstić information content (AvgIpc) is 2.58. The lowest BCUT2D eigenvalue weighted by Gasteiger charge is -2.24. The zero-order chi connectivity index (χ0) is 13.6. The van der Waals surface area contributed by atoms with E-state index < -0.39 is 11.4 Å². The number of Topliss-reactive ketones (excluding diaryl/α,β-unsaturated/α-hetero) is 1. The second kappa shape index (κ2) is 4.19. The van der Waals surface area contributed by atoms with E-state index in [2.05, 4.69) is 6.07 Å². The summed E-state index contributed by atoms with van der Waals surface area (Å²) in [6.45, 7) is 1.90. The van der Waals surface area contributed by atoms with Crippen LogP contribution in [0.2, 0.25) is 0 Å². The summed E-state index contributed by atoms with van der Waals surface area (Å²) in [5, 5.41) is 9.08. The molecule has 1 aromatic rings. The van der Waals surface area contributed by atoms with Gasteiger partial charge in [0.05, 0.1) is 6.42 Å². The van der Waals surface area contributed by atoms with Gasteiger partial charge in [-0.2, -0.15) is 0 Å². The fourth-order valence-corrected chi connectivity index (χ4v) is 3.55. The molecule has 1 aromatic carbocycles. The molecule has 0 spiro atoms. The highest BCUT2D eigenvalue weighted by Crippen LogP contribution is 2.43. The Bertz CT molecular complexity index is 574. The van der Waals surface area contributed by atoms with Gasteiger partial charge in [-0.25, -0.2) is 0 Å². The molecule has 1 unspecified atom stereocenters. The lowest BCUT2D eigenvalue weighted by molar-refractivity contribution is -0.138. The zero-order valence-corrected chi connectivity index (χ0v) is 11.2. The Labute approximate surface area is 112 Å². The fraction of sp³-hybridized carbons (Fsp3) is 0.500. The molecular formula is C16H18O3. The highest BCUT2D eigenvalue weighted by Gasteiger charge is 2.41. The first kappa shape index (κ1) is 12.4. The molecule has 0 fully saturated rings. The third-order valence-electron chi connectivity index (χ3n) is 4.52. The van der Waals surface area contributed by atoms with E-state index in [9.17, 15) is 9.59 Å². The lowest BCUT2D eigenvalue weighted by atomic mass is 9.78. The van der Waals surface area contributed by atoms with Crippen LogP contribution in [0.4, 0.5) is 0 Å². The highest BCUT2D eigenvalue weighted by molar-refractivity contribution is 6.03. The minimum absolute atomic E-state index is 0.0323. The minimum atomic E-state index is -0.833. The van der Waals surface area contributed by atoms with Crippen LogP contribution in [0.15, 0.2) is 12.1 Å². The highest BCUT2D eigenvalue weighted by atomic mass is 16.4. The Hall–Kier alpha value is -1.64. The molecule has 19 heavy (non-hydrogen) atoms. The summed E-state index contributed by atoms with van der Waals surface area (Å²) in [7, 11) is 0. The first-order valence-electron chi connectivity index (χ1n) is 6.91. The van der Waals surface area contributed by atoms with Gasteiger partial charge in [-0.05, 0) is 48.4 Å². The van der Waals surface area contributed by atoms with Crippen molar-refractivity contribution in [1.82, 2.24) is 0 Å². The van der Waals surface area contributed by atoms with Gasteiger partial charge in [0.25, 0.3) is 0 Å². The van der Waals surface area contributed by atoms with E-state index in [4.69, 9.17) is 5.11 Å². The average molecular weight is 258 g/mol. The van der Waals surface area contributed by atoms with Crippen LogP contribution in [-0.2, 0) is 23.1 Å². The smallest absolute Gasteiger partial charge is 0.304 e. The van der Waals surface area contributed by atoms with E-state index in [-0.39, 0.29) is 12.2 Å². The zero-order valence-electron chi connectivity index (χ0n) is 11.2. The number of aryl methyl sites for hydroxylation is 2. The van der Waals surface area contributed by atoms with Gasteiger partial charge in [-0.3, -0.25) is 9.59 Å². The maximum Gasteiger partial charge on any atom is 0.304 e. The second-order valence-corrected chi connectivity index (χ2v) is 6.10. The monoisotopic (exact) mass is 258 g/mol. The first-order valence-corrected chi connectivity index (χ1v) is 6.91. The molecule has 0 heterocycles. The third kappa shape index (κ3) is 1.97. The Kier molecular flexibility index (Phi) is 2.73. The van der Waals surface area contributed by atoms with Gasteiger partial charge in [0, 0.05) is 17.4 Å². The van der Waals surface area contributed by atoms with Crippen molar-refractivity contribution in [2.45, 2.75) is 50.9 Å². The Morgan fingerprint density at radius 3 is 2.53 bits per heavy atom. The number of fused-ring (bicyclic) bond motifs is 2. The van der Waals surface area contributed by atoms with Crippen LogP contribution in [0, 0.1) is 0 Å². The quantitative estimate of drug-likeness (QED) is 0.887. The molecule has 1 atom stereocenters. The van der Waals surface area contributed by atoms with E-state index in [1.807, 2.05) is 13.0 Å². The molecule has 0 aromatic heterocycles. The Morgan fingerprint density at radius 2 is 1.89 bits per heavy atom. The summed E-state index contributed by atoms with van der Waals surface area (Å²) < 4.78 is 0. The van der Waals surface area contributed by atoms with Gasteiger partial charge in [-0.1, -0.05) is 13.0 Å². The molecule has 0 bridgehead atoms. The molecule has 0 saturated heterocycles. The van der Waals surface area contributed by atoms with Crippen molar-refractivity contribution in [3.05, 3.63) is 34.4 Å². The van der Waals surface area contributed by atoms with Gasteiger partial charge in [0.2, 0.25) is 0 Å². The molecule has 0 radical (unpaired) electrons. The van der Waals surface area contributed by atoms with E-state index in [1.54, 1.807) is 0 Å². The normalized spacial score (nSPS) is 25.0. The SMILES string of the molecule is CC1(CC(=O)O)CC(=O)c2cc3c(cc21)CCCC3. The maximum absolute atomic E-state index is 12.2. The molecule has 2 aliphatic rings. The molecule has 3 rings (SSSR count). The van der Waals surface area contributed by atoms with Crippen molar-refractivity contribution in [3.63, 3.8) is 0 Å². The van der Waals surface area contributed by atoms with E-state index >= 15 is 0 Å². The number of hydrogen-bond donors (Lipinski definition) is 1. The first-order chi connectivity index (χ1) is 8.99. The van der Waals surface area contributed by atoms with Crippen LogP contribution in [0.3, 0.4) is 0 Å². The number of ketones is 1. The molecule has 0 saturated carbocycles. The van der Waals surface area contributed by atoms with Gasteiger partial charge in [0.1, 0.15) is 0 Å². The minimum Gasteiger partial charge on any atom is -0.481 e. The number of rotatable bonds is 2. The van der Waals surface area contributed by atoms with Crippen molar-refractivity contribution in [3.8, 4) is 0 Å². The molecule has 3 nitrogen and oxygen atoms in total. The van der Waals surface area contributed by atoms with Crippen molar-refractivity contribution in [1.29, 1.82) is 0 Å². The van der Waals surface area contributed by atoms with Gasteiger partial charge < -0.3 is 5.11 Å². The summed E-state index contributed by atoms with van der Waals surface area (Å²) >= 11 is 0. The largest absolute Gasteiger partial charge is 0.481 e. The number of benzene rings is 1. The Balaban J connectivity index is 2.11. The van der Waals surface area contributed by atoms with E-state index in [0.29, 0.717) is 6.42 Å². The van der Waals surface area contributed by atoms with E-state index in [0.717, 1.165) is 24.0 Å². The predicted molar refractivity (Wildman–Crippen MR) is 71.6 cm³/mol. The number of carbonyl (C=O) groups is 2.